The van der Waals surface area contributed by atoms with Crippen LogP contribution in [0.2, 0.25) is 0 Å². The molecule has 1 unspecified atom stereocenters. The van der Waals surface area contributed by atoms with Crippen LogP contribution in [0.25, 0.3) is 10.2 Å². The lowest BCUT2D eigenvalue weighted by molar-refractivity contribution is 0.0215. The summed E-state index contributed by atoms with van der Waals surface area (Å²) in [5, 5.41) is 3.08. The Labute approximate surface area is 121 Å². The van der Waals surface area contributed by atoms with E-state index in [-0.39, 0.29) is 6.10 Å². The number of thiophene rings is 1. The van der Waals surface area contributed by atoms with Crippen LogP contribution >= 0.6 is 11.3 Å². The standard InChI is InChI=1S/C13H19N5OS/c1-18(8-9-4-2-3-6-19-9)11-10-5-7-20-12(10)16-13(15-11)17-14/h5,7,9H,2-4,6,8,14H2,1H3,(H,15,16,17). The maximum absolute atomic E-state index is 5.80. The van der Waals surface area contributed by atoms with Crippen molar-refractivity contribution in [2.24, 2.45) is 5.84 Å². The molecular formula is C13H19N5OS. The van der Waals surface area contributed by atoms with Crippen molar-refractivity contribution in [2.45, 2.75) is 25.4 Å². The smallest absolute Gasteiger partial charge is 0.240 e. The highest BCUT2D eigenvalue weighted by molar-refractivity contribution is 7.16. The van der Waals surface area contributed by atoms with Crippen LogP contribution in [0.5, 0.6) is 0 Å². The van der Waals surface area contributed by atoms with Crippen LogP contribution in [-0.2, 0) is 4.74 Å². The van der Waals surface area contributed by atoms with Crippen LogP contribution < -0.4 is 16.2 Å². The highest BCUT2D eigenvalue weighted by Crippen LogP contribution is 2.29. The number of aromatic nitrogens is 2. The molecule has 7 heteroatoms. The maximum atomic E-state index is 5.80. The quantitative estimate of drug-likeness (QED) is 0.663. The van der Waals surface area contributed by atoms with Crippen molar-refractivity contribution in [3.8, 4) is 0 Å². The molecule has 108 valence electrons. The Balaban J connectivity index is 1.85. The molecule has 0 spiro atoms. The number of likely N-dealkylation sites (N-methyl/N-ethyl adjacent to an activating group) is 1. The Hall–Kier alpha value is -1.44. The third kappa shape index (κ3) is 2.70. The minimum atomic E-state index is 0.284. The van der Waals surface area contributed by atoms with Crippen molar-refractivity contribution in [1.29, 1.82) is 0 Å². The van der Waals surface area contributed by atoms with Crippen LogP contribution in [-0.4, -0.2) is 36.3 Å². The fourth-order valence-electron chi connectivity index (χ4n) is 2.54. The van der Waals surface area contributed by atoms with Gasteiger partial charge in [0.1, 0.15) is 10.6 Å². The van der Waals surface area contributed by atoms with Crippen LogP contribution in [0, 0.1) is 0 Å². The van der Waals surface area contributed by atoms with Gasteiger partial charge in [-0.25, -0.2) is 10.8 Å². The Kier molecular flexibility index (Phi) is 4.00. The van der Waals surface area contributed by atoms with E-state index in [1.54, 1.807) is 11.3 Å². The molecule has 1 fully saturated rings. The Morgan fingerprint density at radius 2 is 2.40 bits per heavy atom. The number of rotatable bonds is 4. The molecule has 1 atom stereocenters. The first-order chi connectivity index (χ1) is 9.78. The molecule has 0 bridgehead atoms. The summed E-state index contributed by atoms with van der Waals surface area (Å²) in [5.41, 5.74) is 2.53. The Morgan fingerprint density at radius 1 is 1.50 bits per heavy atom. The second kappa shape index (κ2) is 5.90. The van der Waals surface area contributed by atoms with E-state index in [0.717, 1.165) is 35.6 Å². The van der Waals surface area contributed by atoms with Gasteiger partial charge in [0.05, 0.1) is 11.5 Å². The van der Waals surface area contributed by atoms with Gasteiger partial charge in [-0.05, 0) is 30.7 Å². The minimum absolute atomic E-state index is 0.284. The highest BCUT2D eigenvalue weighted by atomic mass is 32.1. The first-order valence-corrected chi connectivity index (χ1v) is 7.70. The van der Waals surface area contributed by atoms with E-state index in [0.29, 0.717) is 5.95 Å². The molecule has 1 saturated heterocycles. The lowest BCUT2D eigenvalue weighted by Gasteiger charge is -2.28. The summed E-state index contributed by atoms with van der Waals surface area (Å²) in [6, 6.07) is 2.05. The summed E-state index contributed by atoms with van der Waals surface area (Å²) >= 11 is 1.59. The maximum Gasteiger partial charge on any atom is 0.240 e. The van der Waals surface area contributed by atoms with Crippen molar-refractivity contribution in [3.63, 3.8) is 0 Å². The van der Waals surface area contributed by atoms with E-state index < -0.39 is 0 Å². The van der Waals surface area contributed by atoms with Gasteiger partial charge < -0.3 is 9.64 Å². The number of anilines is 2. The summed E-state index contributed by atoms with van der Waals surface area (Å²) in [6.07, 6.45) is 3.81. The van der Waals surface area contributed by atoms with Gasteiger partial charge in [-0.3, -0.25) is 5.43 Å². The molecule has 2 aromatic rings. The van der Waals surface area contributed by atoms with Gasteiger partial charge in [0.15, 0.2) is 0 Å². The van der Waals surface area contributed by atoms with Crippen molar-refractivity contribution < 1.29 is 4.74 Å². The fourth-order valence-corrected chi connectivity index (χ4v) is 3.30. The fraction of sp³-hybridized carbons (Fsp3) is 0.538. The lowest BCUT2D eigenvalue weighted by atomic mass is 10.1. The first-order valence-electron chi connectivity index (χ1n) is 6.82. The predicted octanol–water partition coefficient (Wildman–Crippen LogP) is 1.98. The number of hydrazine groups is 1. The molecule has 6 nitrogen and oxygen atoms in total. The predicted molar refractivity (Wildman–Crippen MR) is 82.1 cm³/mol. The van der Waals surface area contributed by atoms with Gasteiger partial charge in [-0.1, -0.05) is 0 Å². The first kappa shape index (κ1) is 13.5. The number of nitrogen functional groups attached to an aromatic ring is 1. The second-order valence-corrected chi connectivity index (χ2v) is 5.92. The van der Waals surface area contributed by atoms with Gasteiger partial charge in [-0.15, -0.1) is 11.3 Å². The van der Waals surface area contributed by atoms with E-state index >= 15 is 0 Å². The van der Waals surface area contributed by atoms with E-state index in [9.17, 15) is 0 Å². The number of nitrogens with one attached hydrogen (secondary N) is 1. The molecule has 0 aliphatic carbocycles. The molecule has 1 aliphatic rings. The lowest BCUT2D eigenvalue weighted by Crippen LogP contribution is -2.34. The molecule has 0 amide bonds. The minimum Gasteiger partial charge on any atom is -0.376 e. The zero-order chi connectivity index (χ0) is 13.9. The molecule has 3 rings (SSSR count). The third-order valence-electron chi connectivity index (χ3n) is 3.55. The average Bonchev–Trinajstić information content (AvgIpc) is 2.95. The van der Waals surface area contributed by atoms with E-state index in [1.807, 2.05) is 18.5 Å². The molecule has 3 N–H and O–H groups in total. The number of nitrogens with two attached hydrogens (primary N) is 1. The number of hydrogen-bond donors (Lipinski definition) is 2. The highest BCUT2D eigenvalue weighted by Gasteiger charge is 2.19. The Bertz CT molecular complexity index is 581. The third-order valence-corrected chi connectivity index (χ3v) is 4.35. The second-order valence-electron chi connectivity index (χ2n) is 5.02. The number of ether oxygens (including phenoxy) is 1. The van der Waals surface area contributed by atoms with Gasteiger partial charge in [-0.2, -0.15) is 4.98 Å². The van der Waals surface area contributed by atoms with Crippen molar-refractivity contribution >= 4 is 33.3 Å². The molecular weight excluding hydrogens is 274 g/mol. The van der Waals surface area contributed by atoms with Gasteiger partial charge in [0, 0.05) is 20.2 Å². The van der Waals surface area contributed by atoms with Gasteiger partial charge in [0.25, 0.3) is 0 Å². The molecule has 3 heterocycles. The van der Waals surface area contributed by atoms with Crippen LogP contribution in [0.1, 0.15) is 19.3 Å². The van der Waals surface area contributed by atoms with Gasteiger partial charge in [0.2, 0.25) is 5.95 Å². The molecule has 1 aliphatic heterocycles. The van der Waals surface area contributed by atoms with E-state index in [1.165, 1.54) is 12.8 Å². The van der Waals surface area contributed by atoms with Crippen molar-refractivity contribution in [1.82, 2.24) is 9.97 Å². The SMILES string of the molecule is CN(CC1CCCCO1)c1nc(NN)nc2sccc12. The molecule has 0 radical (unpaired) electrons. The van der Waals surface area contributed by atoms with E-state index in [2.05, 4.69) is 20.3 Å². The molecule has 20 heavy (non-hydrogen) atoms. The summed E-state index contributed by atoms with van der Waals surface area (Å²) in [7, 11) is 2.04. The summed E-state index contributed by atoms with van der Waals surface area (Å²) in [6.45, 7) is 1.71. The van der Waals surface area contributed by atoms with E-state index in [4.69, 9.17) is 10.6 Å². The van der Waals surface area contributed by atoms with Crippen LogP contribution in [0.3, 0.4) is 0 Å². The average molecular weight is 293 g/mol. The van der Waals surface area contributed by atoms with Crippen LogP contribution in [0.4, 0.5) is 11.8 Å². The monoisotopic (exact) mass is 293 g/mol. The Morgan fingerprint density at radius 3 is 3.15 bits per heavy atom. The summed E-state index contributed by atoms with van der Waals surface area (Å²) < 4.78 is 5.80. The zero-order valence-electron chi connectivity index (χ0n) is 11.5. The normalized spacial score (nSPS) is 19.2. The van der Waals surface area contributed by atoms with Crippen molar-refractivity contribution in [3.05, 3.63) is 11.4 Å². The van der Waals surface area contributed by atoms with Crippen molar-refractivity contribution in [2.75, 3.05) is 30.5 Å². The van der Waals surface area contributed by atoms with Gasteiger partial charge >= 0.3 is 0 Å². The number of fused-ring (bicyclic) bond motifs is 1. The molecule has 0 aromatic carbocycles. The zero-order valence-corrected chi connectivity index (χ0v) is 12.3. The topological polar surface area (TPSA) is 76.3 Å². The number of hydrogen-bond acceptors (Lipinski definition) is 7. The van der Waals surface area contributed by atoms with Crippen LogP contribution in [0.15, 0.2) is 11.4 Å². The largest absolute Gasteiger partial charge is 0.376 e. The number of nitrogens with zero attached hydrogens (tertiary/aromatic N) is 3. The molecule has 0 saturated carbocycles. The summed E-state index contributed by atoms with van der Waals surface area (Å²) in [5.74, 6) is 6.80. The summed E-state index contributed by atoms with van der Waals surface area (Å²) in [4.78, 5) is 11.9. The molecule has 2 aromatic heterocycles.